The van der Waals surface area contributed by atoms with E-state index in [9.17, 15) is 9.59 Å². The Morgan fingerprint density at radius 2 is 1.21 bits per heavy atom. The van der Waals surface area contributed by atoms with Gasteiger partial charge >= 0.3 is 12.1 Å². The number of esters is 1. The Balaban J connectivity index is 1.41. The molecule has 0 radical (unpaired) electrons. The average Bonchev–Trinajstić information content (AvgIpc) is 3.29. The second-order valence-electron chi connectivity index (χ2n) is 9.61. The van der Waals surface area contributed by atoms with Gasteiger partial charge < -0.3 is 14.8 Å². The lowest BCUT2D eigenvalue weighted by Gasteiger charge is -2.32. The van der Waals surface area contributed by atoms with Crippen LogP contribution in [0.5, 0.6) is 0 Å². The number of carbonyl (C=O) groups excluding carboxylic acids is 2. The van der Waals surface area contributed by atoms with Crippen LogP contribution < -0.4 is 5.32 Å². The number of fused-ring (bicyclic) bond motifs is 3. The molecule has 0 saturated heterocycles. The van der Waals surface area contributed by atoms with E-state index in [1.165, 1.54) is 18.2 Å². The van der Waals surface area contributed by atoms with E-state index in [-0.39, 0.29) is 18.4 Å². The largest absolute Gasteiger partial charge is 0.469 e. The number of ether oxygens (including phenoxy) is 2. The Morgan fingerprint density at radius 3 is 1.71 bits per heavy atom. The highest BCUT2D eigenvalue weighted by molar-refractivity contribution is 5.79. The number of rotatable bonds is 8. The van der Waals surface area contributed by atoms with Gasteiger partial charge in [0.2, 0.25) is 0 Å². The minimum absolute atomic E-state index is 0.0522. The van der Waals surface area contributed by atoms with Crippen molar-refractivity contribution in [1.29, 1.82) is 0 Å². The highest BCUT2D eigenvalue weighted by Crippen LogP contribution is 2.44. The molecule has 4 aromatic rings. The van der Waals surface area contributed by atoms with Crippen molar-refractivity contribution in [3.63, 3.8) is 0 Å². The van der Waals surface area contributed by atoms with Crippen LogP contribution in [0.3, 0.4) is 0 Å². The molecule has 0 fully saturated rings. The molecule has 1 aliphatic carbocycles. The molecule has 4 aromatic carbocycles. The molecule has 38 heavy (non-hydrogen) atoms. The molecule has 1 amide bonds. The lowest BCUT2D eigenvalue weighted by Crippen LogP contribution is -2.47. The van der Waals surface area contributed by atoms with Crippen LogP contribution in [0.15, 0.2) is 109 Å². The molecule has 192 valence electrons. The third-order valence-corrected chi connectivity index (χ3v) is 7.42. The highest BCUT2D eigenvalue weighted by atomic mass is 16.5. The number of alkyl carbamates (subject to hydrolysis) is 1. The van der Waals surface area contributed by atoms with Gasteiger partial charge in [-0.3, -0.25) is 4.79 Å². The summed E-state index contributed by atoms with van der Waals surface area (Å²) in [6.45, 7) is 1.97. The zero-order valence-corrected chi connectivity index (χ0v) is 21.5. The Labute approximate surface area is 223 Å². The van der Waals surface area contributed by atoms with Crippen molar-refractivity contribution in [3.8, 4) is 11.1 Å². The Hall–Kier alpha value is -4.38. The van der Waals surface area contributed by atoms with Crippen LogP contribution in [0.2, 0.25) is 0 Å². The summed E-state index contributed by atoms with van der Waals surface area (Å²) in [5.41, 5.74) is 6.60. The first-order valence-corrected chi connectivity index (χ1v) is 12.9. The predicted molar refractivity (Wildman–Crippen MR) is 148 cm³/mol. The number of nitrogens with one attached hydrogen (secondary N) is 1. The van der Waals surface area contributed by atoms with Gasteiger partial charge in [-0.1, -0.05) is 109 Å². The van der Waals surface area contributed by atoms with Crippen molar-refractivity contribution in [1.82, 2.24) is 5.32 Å². The lowest BCUT2D eigenvalue weighted by molar-refractivity contribution is -0.145. The van der Waals surface area contributed by atoms with Crippen molar-refractivity contribution in [2.75, 3.05) is 13.7 Å². The van der Waals surface area contributed by atoms with E-state index in [4.69, 9.17) is 9.47 Å². The van der Waals surface area contributed by atoms with Crippen LogP contribution in [-0.4, -0.2) is 31.8 Å². The fraction of sp³-hybridized carbons (Fsp3) is 0.212. The molecule has 0 unspecified atom stereocenters. The van der Waals surface area contributed by atoms with E-state index < -0.39 is 24.0 Å². The minimum atomic E-state index is -0.620. The smallest absolute Gasteiger partial charge is 0.407 e. The highest BCUT2D eigenvalue weighted by Gasteiger charge is 2.36. The monoisotopic (exact) mass is 505 g/mol. The summed E-state index contributed by atoms with van der Waals surface area (Å²) in [5.74, 6) is -1.35. The van der Waals surface area contributed by atoms with Gasteiger partial charge in [0, 0.05) is 11.8 Å². The lowest BCUT2D eigenvalue weighted by atomic mass is 9.79. The quantitative estimate of drug-likeness (QED) is 0.276. The maximum Gasteiger partial charge on any atom is 0.407 e. The Morgan fingerprint density at radius 1 is 0.737 bits per heavy atom. The molecular weight excluding hydrogens is 474 g/mol. The zero-order chi connectivity index (χ0) is 26.5. The van der Waals surface area contributed by atoms with Crippen molar-refractivity contribution in [3.05, 3.63) is 131 Å². The molecule has 1 N–H and O–H groups in total. The van der Waals surface area contributed by atoms with Gasteiger partial charge in [0.15, 0.2) is 0 Å². The molecule has 0 aromatic heterocycles. The number of carbonyl (C=O) groups is 2. The molecule has 5 rings (SSSR count). The summed E-state index contributed by atoms with van der Waals surface area (Å²) >= 11 is 0. The predicted octanol–water partition coefficient (Wildman–Crippen LogP) is 6.53. The van der Waals surface area contributed by atoms with Gasteiger partial charge in [0.1, 0.15) is 6.61 Å². The number of hydrogen-bond acceptors (Lipinski definition) is 4. The Kier molecular flexibility index (Phi) is 7.55. The van der Waals surface area contributed by atoms with Crippen LogP contribution in [0.4, 0.5) is 4.79 Å². The molecule has 0 spiro atoms. The fourth-order valence-corrected chi connectivity index (χ4v) is 5.53. The maximum absolute atomic E-state index is 13.3. The second-order valence-corrected chi connectivity index (χ2v) is 9.61. The van der Waals surface area contributed by atoms with Crippen LogP contribution in [0.25, 0.3) is 11.1 Å². The normalized spacial score (nSPS) is 13.8. The first kappa shape index (κ1) is 25.3. The van der Waals surface area contributed by atoms with E-state index in [0.29, 0.717) is 0 Å². The van der Waals surface area contributed by atoms with E-state index in [1.54, 1.807) is 6.92 Å². The summed E-state index contributed by atoms with van der Waals surface area (Å²) in [5, 5.41) is 3.04. The van der Waals surface area contributed by atoms with Gasteiger partial charge in [-0.25, -0.2) is 4.79 Å². The van der Waals surface area contributed by atoms with E-state index in [2.05, 4.69) is 29.6 Å². The summed E-state index contributed by atoms with van der Waals surface area (Å²) in [7, 11) is 1.36. The number of methoxy groups -OCH3 is 1. The van der Waals surface area contributed by atoms with Gasteiger partial charge in [0.25, 0.3) is 0 Å². The van der Waals surface area contributed by atoms with Crippen molar-refractivity contribution in [2.24, 2.45) is 5.92 Å². The van der Waals surface area contributed by atoms with Crippen LogP contribution >= 0.6 is 0 Å². The van der Waals surface area contributed by atoms with Crippen LogP contribution in [-0.2, 0) is 14.3 Å². The number of benzene rings is 4. The van der Waals surface area contributed by atoms with Crippen molar-refractivity contribution < 1.29 is 19.1 Å². The molecule has 0 aliphatic heterocycles. The molecule has 1 aliphatic rings. The molecule has 5 nitrogen and oxygen atoms in total. The average molecular weight is 506 g/mol. The topological polar surface area (TPSA) is 64.6 Å². The van der Waals surface area contributed by atoms with E-state index in [0.717, 1.165) is 22.3 Å². The standard InChI is InChI=1S/C33H31NO4/c1-22(32(35)37-2)31(30(23-13-5-3-6-14-23)24-15-7-4-8-16-24)34-33(36)38-21-29-27-19-11-9-17-25(27)26-18-10-12-20-28(26)29/h3-20,22,29-31H,21H2,1-2H3,(H,34,36)/t22-,31-/m1/s1. The summed E-state index contributed by atoms with van der Waals surface area (Å²) in [6.07, 6.45) is -0.565. The van der Waals surface area contributed by atoms with Gasteiger partial charge in [-0.05, 0) is 40.3 Å². The van der Waals surface area contributed by atoms with Crippen LogP contribution in [0, 0.1) is 5.92 Å². The third-order valence-electron chi connectivity index (χ3n) is 7.42. The second kappa shape index (κ2) is 11.3. The van der Waals surface area contributed by atoms with E-state index >= 15 is 0 Å². The summed E-state index contributed by atoms with van der Waals surface area (Å²) < 4.78 is 10.9. The molecular formula is C33H31NO4. The third kappa shape index (κ3) is 5.05. The Bertz CT molecular complexity index is 1320. The van der Waals surface area contributed by atoms with Crippen molar-refractivity contribution in [2.45, 2.75) is 24.8 Å². The van der Waals surface area contributed by atoms with E-state index in [1.807, 2.05) is 84.9 Å². The maximum atomic E-state index is 13.3. The van der Waals surface area contributed by atoms with Gasteiger partial charge in [-0.2, -0.15) is 0 Å². The first-order chi connectivity index (χ1) is 18.6. The molecule has 0 heterocycles. The molecule has 0 bridgehead atoms. The van der Waals surface area contributed by atoms with Crippen LogP contribution in [0.1, 0.15) is 41.0 Å². The zero-order valence-electron chi connectivity index (χ0n) is 21.5. The minimum Gasteiger partial charge on any atom is -0.469 e. The summed E-state index contributed by atoms with van der Waals surface area (Å²) in [4.78, 5) is 26.1. The number of amides is 1. The van der Waals surface area contributed by atoms with Gasteiger partial charge in [-0.15, -0.1) is 0 Å². The fourth-order valence-electron chi connectivity index (χ4n) is 5.53. The molecule has 0 saturated carbocycles. The molecule has 2 atom stereocenters. The van der Waals surface area contributed by atoms with Crippen molar-refractivity contribution >= 4 is 12.1 Å². The first-order valence-electron chi connectivity index (χ1n) is 12.9. The summed E-state index contributed by atoms with van der Waals surface area (Å²) in [6, 6.07) is 35.6. The molecule has 5 heteroatoms. The number of hydrogen-bond donors (Lipinski definition) is 1. The van der Waals surface area contributed by atoms with Gasteiger partial charge in [0.05, 0.1) is 19.1 Å². The SMILES string of the molecule is COC(=O)[C@H](C)[C@@H](NC(=O)OCC1c2ccccc2-c2ccccc21)C(c1ccccc1)c1ccccc1.